The van der Waals surface area contributed by atoms with E-state index in [-0.39, 0.29) is 36.3 Å². The maximum atomic E-state index is 12.6. The van der Waals surface area contributed by atoms with Crippen molar-refractivity contribution in [1.29, 1.82) is 0 Å². The van der Waals surface area contributed by atoms with Crippen LogP contribution in [0.15, 0.2) is 65.2 Å². The van der Waals surface area contributed by atoms with Gasteiger partial charge in [0.15, 0.2) is 5.82 Å². The highest BCUT2D eigenvalue weighted by Crippen LogP contribution is 2.20. The number of halogens is 1. The van der Waals surface area contributed by atoms with E-state index in [1.54, 1.807) is 0 Å². The summed E-state index contributed by atoms with van der Waals surface area (Å²) >= 11 is 0. The van der Waals surface area contributed by atoms with E-state index in [2.05, 4.69) is 15.5 Å². The van der Waals surface area contributed by atoms with E-state index in [1.807, 2.05) is 74.5 Å². The predicted octanol–water partition coefficient (Wildman–Crippen LogP) is 3.60. The van der Waals surface area contributed by atoms with E-state index in [0.717, 1.165) is 11.1 Å². The van der Waals surface area contributed by atoms with E-state index in [9.17, 15) is 4.79 Å². The number of nitrogens with one attached hydrogen (secondary N) is 1. The quantitative estimate of drug-likeness (QED) is 0.632. The number of amides is 1. The summed E-state index contributed by atoms with van der Waals surface area (Å²) in [6.45, 7) is 3.63. The molecule has 6 nitrogen and oxygen atoms in total. The first-order chi connectivity index (χ1) is 13.0. The summed E-state index contributed by atoms with van der Waals surface area (Å²) in [5.41, 5.74) is 8.26. The monoisotopic (exact) mass is 400 g/mol. The van der Waals surface area contributed by atoms with Gasteiger partial charge >= 0.3 is 0 Å². The summed E-state index contributed by atoms with van der Waals surface area (Å²) < 4.78 is 5.32. The maximum Gasteiger partial charge on any atom is 0.248 e. The normalized spacial score (nSPS) is 13.8. The van der Waals surface area contributed by atoms with Crippen molar-refractivity contribution in [3.8, 4) is 0 Å². The number of carbonyl (C=O) groups excluding carboxylic acids is 1. The van der Waals surface area contributed by atoms with Gasteiger partial charge in [-0.15, -0.1) is 12.4 Å². The zero-order valence-electron chi connectivity index (χ0n) is 15.9. The average Bonchev–Trinajstić information content (AvgIpc) is 3.17. The summed E-state index contributed by atoms with van der Waals surface area (Å²) in [5, 5.41) is 6.91. The minimum Gasteiger partial charge on any atom is -0.344 e. The van der Waals surface area contributed by atoms with Gasteiger partial charge in [0.25, 0.3) is 0 Å². The zero-order valence-corrected chi connectivity index (χ0v) is 16.7. The van der Waals surface area contributed by atoms with Crippen LogP contribution in [0.3, 0.4) is 0 Å². The number of benzene rings is 2. The van der Waals surface area contributed by atoms with Crippen LogP contribution >= 0.6 is 12.4 Å². The summed E-state index contributed by atoms with van der Waals surface area (Å²) in [6.07, 6.45) is 0.584. The van der Waals surface area contributed by atoms with Crippen LogP contribution in [0.1, 0.15) is 48.8 Å². The molecule has 28 heavy (non-hydrogen) atoms. The number of hydrogen-bond acceptors (Lipinski definition) is 5. The molecule has 3 aromatic rings. The van der Waals surface area contributed by atoms with Gasteiger partial charge in [-0.05, 0) is 18.1 Å². The Bertz CT molecular complexity index is 870. The summed E-state index contributed by atoms with van der Waals surface area (Å²) in [5.74, 6) is 0.435. The van der Waals surface area contributed by atoms with Crippen LogP contribution in [-0.4, -0.2) is 16.0 Å². The average molecular weight is 401 g/mol. The lowest BCUT2D eigenvalue weighted by Crippen LogP contribution is -2.37. The zero-order chi connectivity index (χ0) is 19.2. The molecular formula is C21H25ClN4O2. The second-order valence-corrected chi connectivity index (χ2v) is 6.67. The van der Waals surface area contributed by atoms with Crippen LogP contribution in [0.25, 0.3) is 0 Å². The van der Waals surface area contributed by atoms with Gasteiger partial charge in [0.2, 0.25) is 11.8 Å². The van der Waals surface area contributed by atoms with Crippen molar-refractivity contribution >= 4 is 18.3 Å². The van der Waals surface area contributed by atoms with Crippen molar-refractivity contribution in [3.63, 3.8) is 0 Å². The Morgan fingerprint density at radius 1 is 1.07 bits per heavy atom. The van der Waals surface area contributed by atoms with E-state index in [1.165, 1.54) is 0 Å². The molecule has 0 bridgehead atoms. The topological polar surface area (TPSA) is 94.0 Å². The Hall–Kier alpha value is -2.70. The van der Waals surface area contributed by atoms with E-state index >= 15 is 0 Å². The van der Waals surface area contributed by atoms with E-state index < -0.39 is 0 Å². The lowest BCUT2D eigenvalue weighted by Gasteiger charge is -2.21. The fraction of sp³-hybridized carbons (Fsp3) is 0.286. The van der Waals surface area contributed by atoms with E-state index in [4.69, 9.17) is 10.3 Å². The molecule has 3 N–H and O–H groups in total. The van der Waals surface area contributed by atoms with Gasteiger partial charge in [-0.25, -0.2) is 0 Å². The molecule has 1 aromatic heterocycles. The molecule has 0 radical (unpaired) electrons. The number of nitrogens with zero attached hydrogens (tertiary/aromatic N) is 2. The van der Waals surface area contributed by atoms with Crippen molar-refractivity contribution in [3.05, 3.63) is 83.5 Å². The molecule has 0 aliphatic rings. The lowest BCUT2D eigenvalue weighted by molar-refractivity contribution is -0.126. The summed E-state index contributed by atoms with van der Waals surface area (Å²) in [7, 11) is 0. The fourth-order valence-corrected chi connectivity index (χ4v) is 2.83. The molecule has 0 saturated carbocycles. The molecule has 7 heteroatoms. The third-order valence-corrected chi connectivity index (χ3v) is 4.55. The molecule has 0 saturated heterocycles. The molecule has 1 amide bonds. The van der Waals surface area contributed by atoms with Crippen molar-refractivity contribution in [2.24, 2.45) is 11.7 Å². The fourth-order valence-electron chi connectivity index (χ4n) is 2.83. The molecule has 0 aliphatic carbocycles. The predicted molar refractivity (Wildman–Crippen MR) is 110 cm³/mol. The number of carbonyl (C=O) groups is 1. The Morgan fingerprint density at radius 3 is 2.32 bits per heavy atom. The summed E-state index contributed by atoms with van der Waals surface area (Å²) in [4.78, 5) is 17.0. The number of aromatic nitrogens is 2. The lowest BCUT2D eigenvalue weighted by atomic mass is 9.94. The SMILES string of the molecule is CC(NC(=O)C(C)C(N)c1ccccc1)c1nc(Cc2ccccc2)no1.Cl. The molecule has 2 aromatic carbocycles. The number of hydrogen-bond donors (Lipinski definition) is 2. The maximum absolute atomic E-state index is 12.6. The molecule has 3 rings (SSSR count). The first kappa shape index (κ1) is 21.6. The number of nitrogens with two attached hydrogens (primary N) is 1. The molecule has 3 unspecified atom stereocenters. The van der Waals surface area contributed by atoms with Crippen molar-refractivity contribution < 1.29 is 9.32 Å². The molecule has 0 fully saturated rings. The first-order valence-corrected chi connectivity index (χ1v) is 9.02. The molecule has 1 heterocycles. The van der Waals surface area contributed by atoms with Gasteiger partial charge in [-0.3, -0.25) is 4.79 Å². The van der Waals surface area contributed by atoms with Gasteiger partial charge < -0.3 is 15.6 Å². The molecule has 0 spiro atoms. The Balaban J connectivity index is 0.00000280. The van der Waals surface area contributed by atoms with Crippen molar-refractivity contribution in [2.75, 3.05) is 0 Å². The minimum atomic E-state index is -0.389. The van der Waals surface area contributed by atoms with Crippen LogP contribution in [0, 0.1) is 5.92 Å². The number of rotatable bonds is 7. The molecular weight excluding hydrogens is 376 g/mol. The highest BCUT2D eigenvalue weighted by molar-refractivity contribution is 5.85. The highest BCUT2D eigenvalue weighted by atomic mass is 35.5. The molecule has 148 valence electrons. The molecule has 0 aliphatic heterocycles. The van der Waals surface area contributed by atoms with Crippen LogP contribution < -0.4 is 11.1 Å². The van der Waals surface area contributed by atoms with E-state index in [0.29, 0.717) is 18.1 Å². The largest absolute Gasteiger partial charge is 0.344 e. The van der Waals surface area contributed by atoms with Crippen molar-refractivity contribution in [1.82, 2.24) is 15.5 Å². The van der Waals surface area contributed by atoms with Crippen LogP contribution in [0.4, 0.5) is 0 Å². The van der Waals surface area contributed by atoms with Crippen molar-refractivity contribution in [2.45, 2.75) is 32.4 Å². The van der Waals surface area contributed by atoms with Crippen LogP contribution in [0.5, 0.6) is 0 Å². The second-order valence-electron chi connectivity index (χ2n) is 6.67. The smallest absolute Gasteiger partial charge is 0.248 e. The van der Waals surface area contributed by atoms with Gasteiger partial charge in [-0.1, -0.05) is 72.7 Å². The Kier molecular flexibility index (Phi) is 7.72. The standard InChI is InChI=1S/C21H24N4O2.ClH/c1-14(19(22)17-11-7-4-8-12-17)20(26)23-15(2)21-24-18(25-27-21)13-16-9-5-3-6-10-16;/h3-12,14-15,19H,13,22H2,1-2H3,(H,23,26);1H. The first-order valence-electron chi connectivity index (χ1n) is 9.02. The van der Waals surface area contributed by atoms with Gasteiger partial charge in [0.1, 0.15) is 6.04 Å². The third-order valence-electron chi connectivity index (χ3n) is 4.55. The third kappa shape index (κ3) is 5.41. The highest BCUT2D eigenvalue weighted by Gasteiger charge is 2.25. The second kappa shape index (κ2) is 10.0. The van der Waals surface area contributed by atoms with Crippen LogP contribution in [0.2, 0.25) is 0 Å². The van der Waals surface area contributed by atoms with Crippen LogP contribution in [-0.2, 0) is 11.2 Å². The van der Waals surface area contributed by atoms with Gasteiger partial charge in [0.05, 0.1) is 5.92 Å². The molecule has 3 atom stereocenters. The Morgan fingerprint density at radius 2 is 1.68 bits per heavy atom. The van der Waals surface area contributed by atoms with Gasteiger partial charge in [-0.2, -0.15) is 4.98 Å². The minimum absolute atomic E-state index is 0. The Labute approximate surface area is 170 Å². The summed E-state index contributed by atoms with van der Waals surface area (Å²) in [6, 6.07) is 18.7. The van der Waals surface area contributed by atoms with Gasteiger partial charge in [0, 0.05) is 12.5 Å².